The van der Waals surface area contributed by atoms with Crippen LogP contribution in [-0.2, 0) is 28.7 Å². The number of hydrogen-bond donors (Lipinski definition) is 0. The third-order valence-electron chi connectivity index (χ3n) is 2.21. The highest BCUT2D eigenvalue weighted by molar-refractivity contribution is 6.11. The first kappa shape index (κ1) is 12.8. The summed E-state index contributed by atoms with van der Waals surface area (Å²) >= 11 is 0. The lowest BCUT2D eigenvalue weighted by Crippen LogP contribution is -2.00. The van der Waals surface area contributed by atoms with Gasteiger partial charge < -0.3 is 9.47 Å². The van der Waals surface area contributed by atoms with Gasteiger partial charge in [-0.05, 0) is 20.8 Å². The normalized spacial score (nSPS) is 18.6. The summed E-state index contributed by atoms with van der Waals surface area (Å²) in [5.74, 6) is -2.13. The molecular formula is C11H10O6. The highest BCUT2D eigenvalue weighted by atomic mass is 16.6. The van der Waals surface area contributed by atoms with Crippen LogP contribution in [0.15, 0.2) is 22.8 Å². The molecule has 0 unspecified atom stereocenters. The minimum absolute atomic E-state index is 0.370. The number of esters is 4. The lowest BCUT2D eigenvalue weighted by Gasteiger charge is -1.84. The second-order valence-electron chi connectivity index (χ2n) is 3.46. The molecule has 0 aromatic carbocycles. The van der Waals surface area contributed by atoms with Gasteiger partial charge in [-0.3, -0.25) is 0 Å². The number of ether oxygens (including phenoxy) is 2. The SMILES string of the molecule is CC1=C(C)C(=O)OC1=O.CC1=CC(=O)OC1=O. The molecule has 0 fully saturated rings. The standard InChI is InChI=1S/C6H6O3.C5H4O3/c1-3-4(2)6(8)9-5(3)7;1-3-2-4(6)8-5(3)7/h1-2H3;2H,1H3. The van der Waals surface area contributed by atoms with Crippen molar-refractivity contribution in [3.05, 3.63) is 22.8 Å². The largest absolute Gasteiger partial charge is 0.386 e. The van der Waals surface area contributed by atoms with Crippen LogP contribution in [0.1, 0.15) is 20.8 Å². The van der Waals surface area contributed by atoms with E-state index >= 15 is 0 Å². The van der Waals surface area contributed by atoms with Crippen LogP contribution in [0, 0.1) is 0 Å². The van der Waals surface area contributed by atoms with Crippen molar-refractivity contribution in [3.8, 4) is 0 Å². The zero-order valence-corrected chi connectivity index (χ0v) is 9.53. The number of carbonyl (C=O) groups excluding carboxylic acids is 4. The van der Waals surface area contributed by atoms with Crippen LogP contribution < -0.4 is 0 Å². The second kappa shape index (κ2) is 4.73. The average Bonchev–Trinajstić information content (AvgIpc) is 2.64. The summed E-state index contributed by atoms with van der Waals surface area (Å²) in [6, 6.07) is 0. The van der Waals surface area contributed by atoms with E-state index in [1.807, 2.05) is 0 Å². The van der Waals surface area contributed by atoms with Crippen LogP contribution in [0.3, 0.4) is 0 Å². The van der Waals surface area contributed by atoms with Gasteiger partial charge in [-0.25, -0.2) is 19.2 Å². The highest BCUT2D eigenvalue weighted by Gasteiger charge is 2.25. The Kier molecular flexibility index (Phi) is 3.57. The van der Waals surface area contributed by atoms with Gasteiger partial charge in [0.05, 0.1) is 0 Å². The maximum Gasteiger partial charge on any atom is 0.342 e. The molecule has 0 saturated heterocycles. The van der Waals surface area contributed by atoms with Crippen LogP contribution >= 0.6 is 0 Å². The van der Waals surface area contributed by atoms with E-state index in [9.17, 15) is 19.2 Å². The molecule has 0 N–H and O–H groups in total. The molecule has 2 aliphatic heterocycles. The zero-order valence-electron chi connectivity index (χ0n) is 9.53. The first-order valence-electron chi connectivity index (χ1n) is 4.71. The van der Waals surface area contributed by atoms with Gasteiger partial charge >= 0.3 is 23.9 Å². The molecular weight excluding hydrogens is 228 g/mol. The van der Waals surface area contributed by atoms with Crippen LogP contribution in [0.25, 0.3) is 0 Å². The van der Waals surface area contributed by atoms with Gasteiger partial charge in [0.2, 0.25) is 0 Å². The zero-order chi connectivity index (χ0) is 13.2. The molecule has 17 heavy (non-hydrogen) atoms. The fourth-order valence-electron chi connectivity index (χ4n) is 0.980. The molecule has 0 spiro atoms. The number of cyclic esters (lactones) is 4. The number of carbonyl (C=O) groups is 4. The van der Waals surface area contributed by atoms with E-state index in [4.69, 9.17) is 0 Å². The van der Waals surface area contributed by atoms with Gasteiger partial charge in [0.1, 0.15) is 0 Å². The van der Waals surface area contributed by atoms with Crippen molar-refractivity contribution in [1.82, 2.24) is 0 Å². The molecule has 0 amide bonds. The van der Waals surface area contributed by atoms with E-state index in [2.05, 4.69) is 9.47 Å². The second-order valence-corrected chi connectivity index (χ2v) is 3.46. The molecule has 6 nitrogen and oxygen atoms in total. The predicted octanol–water partition coefficient (Wildman–Crippen LogP) is 0.422. The quantitative estimate of drug-likeness (QED) is 0.449. The molecule has 0 aliphatic carbocycles. The Hall–Kier alpha value is -2.24. The minimum atomic E-state index is -0.562. The number of rotatable bonds is 0. The lowest BCUT2D eigenvalue weighted by atomic mass is 10.2. The van der Waals surface area contributed by atoms with E-state index in [1.54, 1.807) is 13.8 Å². The summed E-state index contributed by atoms with van der Waals surface area (Å²) in [6.07, 6.45) is 1.17. The van der Waals surface area contributed by atoms with Crippen molar-refractivity contribution in [3.63, 3.8) is 0 Å². The molecule has 0 aromatic heterocycles. The topological polar surface area (TPSA) is 86.7 Å². The third-order valence-corrected chi connectivity index (χ3v) is 2.21. The maximum atomic E-state index is 10.5. The van der Waals surface area contributed by atoms with Crippen LogP contribution in [-0.4, -0.2) is 23.9 Å². The summed E-state index contributed by atoms with van der Waals surface area (Å²) in [5.41, 5.74) is 1.20. The summed E-state index contributed by atoms with van der Waals surface area (Å²) in [7, 11) is 0. The Bertz CT molecular complexity index is 458. The van der Waals surface area contributed by atoms with Gasteiger partial charge in [-0.1, -0.05) is 0 Å². The molecule has 0 radical (unpaired) electrons. The molecule has 0 saturated carbocycles. The van der Waals surface area contributed by atoms with E-state index in [1.165, 1.54) is 13.0 Å². The minimum Gasteiger partial charge on any atom is -0.386 e. The van der Waals surface area contributed by atoms with Crippen molar-refractivity contribution in [1.29, 1.82) is 0 Å². The Balaban J connectivity index is 0.000000171. The highest BCUT2D eigenvalue weighted by Crippen LogP contribution is 2.14. The number of hydrogen-bond acceptors (Lipinski definition) is 6. The van der Waals surface area contributed by atoms with Gasteiger partial charge in [0.25, 0.3) is 0 Å². The monoisotopic (exact) mass is 238 g/mol. The van der Waals surface area contributed by atoms with Gasteiger partial charge in [-0.2, -0.15) is 0 Å². The molecule has 2 heterocycles. The van der Waals surface area contributed by atoms with E-state index in [0.29, 0.717) is 16.7 Å². The summed E-state index contributed by atoms with van der Waals surface area (Å²) < 4.78 is 8.34. The molecule has 2 rings (SSSR count). The molecule has 6 heteroatoms. The molecule has 0 atom stereocenters. The van der Waals surface area contributed by atoms with Crippen molar-refractivity contribution in [2.24, 2.45) is 0 Å². The van der Waals surface area contributed by atoms with Crippen molar-refractivity contribution < 1.29 is 28.7 Å². The predicted molar refractivity (Wildman–Crippen MR) is 54.3 cm³/mol. The van der Waals surface area contributed by atoms with E-state index < -0.39 is 23.9 Å². The molecule has 2 aliphatic rings. The molecule has 90 valence electrons. The molecule has 0 aromatic rings. The van der Waals surface area contributed by atoms with Gasteiger partial charge in [0.15, 0.2) is 0 Å². The Morgan fingerprint density at radius 3 is 1.35 bits per heavy atom. The average molecular weight is 238 g/mol. The third kappa shape index (κ3) is 2.87. The Labute approximate surface area is 96.9 Å². The first-order valence-corrected chi connectivity index (χ1v) is 4.71. The van der Waals surface area contributed by atoms with E-state index in [0.717, 1.165) is 0 Å². The Morgan fingerprint density at radius 1 is 0.765 bits per heavy atom. The van der Waals surface area contributed by atoms with E-state index in [-0.39, 0.29) is 0 Å². The smallest absolute Gasteiger partial charge is 0.342 e. The van der Waals surface area contributed by atoms with Gasteiger partial charge in [-0.15, -0.1) is 0 Å². The van der Waals surface area contributed by atoms with Crippen LogP contribution in [0.5, 0.6) is 0 Å². The van der Waals surface area contributed by atoms with Crippen molar-refractivity contribution in [2.45, 2.75) is 20.8 Å². The van der Waals surface area contributed by atoms with Gasteiger partial charge in [0, 0.05) is 22.8 Å². The van der Waals surface area contributed by atoms with Crippen molar-refractivity contribution >= 4 is 23.9 Å². The Morgan fingerprint density at radius 2 is 1.24 bits per heavy atom. The fourth-order valence-corrected chi connectivity index (χ4v) is 0.980. The molecule has 0 bridgehead atoms. The first-order chi connectivity index (χ1) is 7.82. The lowest BCUT2D eigenvalue weighted by molar-refractivity contribution is -0.152. The summed E-state index contributed by atoms with van der Waals surface area (Å²) in [6.45, 7) is 4.68. The maximum absolute atomic E-state index is 10.5. The summed E-state index contributed by atoms with van der Waals surface area (Å²) in [5, 5.41) is 0. The van der Waals surface area contributed by atoms with Crippen LogP contribution in [0.4, 0.5) is 0 Å². The summed E-state index contributed by atoms with van der Waals surface area (Å²) in [4.78, 5) is 41.4. The van der Waals surface area contributed by atoms with Crippen LogP contribution in [0.2, 0.25) is 0 Å². The fraction of sp³-hybridized carbons (Fsp3) is 0.273. The van der Waals surface area contributed by atoms with Crippen molar-refractivity contribution in [2.75, 3.05) is 0 Å².